The zero-order valence-corrected chi connectivity index (χ0v) is 13.3. The van der Waals surface area contributed by atoms with Gasteiger partial charge < -0.3 is 4.74 Å². The maximum absolute atomic E-state index is 5.35. The van der Waals surface area contributed by atoms with Crippen molar-refractivity contribution in [3.63, 3.8) is 0 Å². The van der Waals surface area contributed by atoms with E-state index in [0.29, 0.717) is 0 Å². The van der Waals surface area contributed by atoms with Gasteiger partial charge in [-0.25, -0.2) is 0 Å². The van der Waals surface area contributed by atoms with Gasteiger partial charge in [0.25, 0.3) is 0 Å². The average Bonchev–Trinajstić information content (AvgIpc) is 2.49. The molecule has 2 heterocycles. The smallest absolute Gasteiger partial charge is 0.135 e. The zero-order valence-electron chi connectivity index (χ0n) is 11.7. The normalized spacial score (nSPS) is 16.5. The molecular weight excluding hydrogens is 316 g/mol. The van der Waals surface area contributed by atoms with E-state index in [-0.39, 0.29) is 0 Å². The summed E-state index contributed by atoms with van der Waals surface area (Å²) in [5, 5.41) is 1.21. The van der Waals surface area contributed by atoms with Crippen molar-refractivity contribution in [2.24, 2.45) is 0 Å². The van der Waals surface area contributed by atoms with Crippen molar-refractivity contribution in [3.05, 3.63) is 34.4 Å². The molecule has 0 spiro atoms. The standard InChI is InChI=1S/C16H19BrN2O/c1-20-14-6-5-13-12(7-8-18-16(13)15(14)17)11-19-9-3-2-4-10-19/h5-8H,2-4,9-11H2,1H3. The molecule has 1 saturated heterocycles. The van der Waals surface area contributed by atoms with Gasteiger partial charge in [0.1, 0.15) is 5.75 Å². The summed E-state index contributed by atoms with van der Waals surface area (Å²) in [7, 11) is 1.68. The number of hydrogen-bond acceptors (Lipinski definition) is 3. The first kappa shape index (κ1) is 13.8. The van der Waals surface area contributed by atoms with E-state index in [1.807, 2.05) is 12.3 Å². The summed E-state index contributed by atoms with van der Waals surface area (Å²) in [5.41, 5.74) is 2.33. The van der Waals surface area contributed by atoms with Gasteiger partial charge in [0, 0.05) is 18.1 Å². The molecular formula is C16H19BrN2O. The molecule has 1 fully saturated rings. The Kier molecular flexibility index (Phi) is 4.22. The van der Waals surface area contributed by atoms with Crippen LogP contribution in [-0.4, -0.2) is 30.1 Å². The second-order valence-electron chi connectivity index (χ2n) is 5.28. The molecule has 1 aliphatic rings. The van der Waals surface area contributed by atoms with Crippen molar-refractivity contribution >= 4 is 26.8 Å². The van der Waals surface area contributed by atoms with Crippen molar-refractivity contribution in [1.82, 2.24) is 9.88 Å². The molecule has 20 heavy (non-hydrogen) atoms. The maximum atomic E-state index is 5.35. The Hall–Kier alpha value is -1.13. The number of aromatic nitrogens is 1. The van der Waals surface area contributed by atoms with Crippen LogP contribution in [0.15, 0.2) is 28.9 Å². The van der Waals surface area contributed by atoms with Gasteiger partial charge in [-0.3, -0.25) is 9.88 Å². The van der Waals surface area contributed by atoms with Gasteiger partial charge in [-0.2, -0.15) is 0 Å². The van der Waals surface area contributed by atoms with E-state index in [1.165, 1.54) is 43.3 Å². The van der Waals surface area contributed by atoms with Crippen LogP contribution in [0.3, 0.4) is 0 Å². The topological polar surface area (TPSA) is 25.4 Å². The van der Waals surface area contributed by atoms with Crippen molar-refractivity contribution in [3.8, 4) is 5.75 Å². The molecule has 0 atom stereocenters. The Labute approximate surface area is 128 Å². The number of ether oxygens (including phenoxy) is 1. The Balaban J connectivity index is 1.96. The van der Waals surface area contributed by atoms with Crippen molar-refractivity contribution in [2.75, 3.05) is 20.2 Å². The van der Waals surface area contributed by atoms with Crippen LogP contribution in [0.5, 0.6) is 5.75 Å². The van der Waals surface area contributed by atoms with E-state index in [9.17, 15) is 0 Å². The maximum Gasteiger partial charge on any atom is 0.135 e. The lowest BCUT2D eigenvalue weighted by Gasteiger charge is -2.26. The molecule has 4 heteroatoms. The summed E-state index contributed by atoms with van der Waals surface area (Å²) in [6.45, 7) is 3.43. The number of rotatable bonds is 3. The highest BCUT2D eigenvalue weighted by Crippen LogP contribution is 2.33. The molecule has 3 nitrogen and oxygen atoms in total. The number of benzene rings is 1. The van der Waals surface area contributed by atoms with Crippen molar-refractivity contribution < 1.29 is 4.74 Å². The van der Waals surface area contributed by atoms with Crippen molar-refractivity contribution in [2.45, 2.75) is 25.8 Å². The first-order chi connectivity index (χ1) is 9.79. The third-order valence-corrected chi connectivity index (χ3v) is 4.73. The monoisotopic (exact) mass is 334 g/mol. The first-order valence-electron chi connectivity index (χ1n) is 7.12. The lowest BCUT2D eigenvalue weighted by atomic mass is 10.1. The fourth-order valence-corrected chi connectivity index (χ4v) is 3.49. The SMILES string of the molecule is COc1ccc2c(CN3CCCCC3)ccnc2c1Br. The fraction of sp³-hybridized carbons (Fsp3) is 0.438. The highest BCUT2D eigenvalue weighted by molar-refractivity contribution is 9.10. The van der Waals surface area contributed by atoms with Crippen LogP contribution in [0, 0.1) is 0 Å². The first-order valence-corrected chi connectivity index (χ1v) is 7.91. The average molecular weight is 335 g/mol. The second-order valence-corrected chi connectivity index (χ2v) is 6.08. The van der Waals surface area contributed by atoms with E-state index >= 15 is 0 Å². The van der Waals surface area contributed by atoms with Crippen LogP contribution in [0.25, 0.3) is 10.9 Å². The number of hydrogen-bond donors (Lipinski definition) is 0. The van der Waals surface area contributed by atoms with Crippen LogP contribution < -0.4 is 4.74 Å². The number of fused-ring (bicyclic) bond motifs is 1. The van der Waals surface area contributed by atoms with Crippen LogP contribution in [0.2, 0.25) is 0 Å². The Bertz CT molecular complexity index is 609. The van der Waals surface area contributed by atoms with Gasteiger partial charge in [0.05, 0.1) is 17.1 Å². The highest BCUT2D eigenvalue weighted by Gasteiger charge is 2.14. The Morgan fingerprint density at radius 3 is 2.75 bits per heavy atom. The van der Waals surface area contributed by atoms with Gasteiger partial charge in [0.15, 0.2) is 0 Å². The number of piperidine rings is 1. The van der Waals surface area contributed by atoms with Gasteiger partial charge in [-0.15, -0.1) is 0 Å². The summed E-state index contributed by atoms with van der Waals surface area (Å²) >= 11 is 3.60. The third kappa shape index (κ3) is 2.67. The summed E-state index contributed by atoms with van der Waals surface area (Å²) in [4.78, 5) is 7.04. The zero-order chi connectivity index (χ0) is 13.9. The van der Waals surface area contributed by atoms with Gasteiger partial charge in [-0.1, -0.05) is 6.42 Å². The number of nitrogens with zero attached hydrogens (tertiary/aromatic N) is 2. The molecule has 1 aliphatic heterocycles. The van der Waals surface area contributed by atoms with Crippen molar-refractivity contribution in [1.29, 1.82) is 0 Å². The minimum absolute atomic E-state index is 0.833. The van der Waals surface area contributed by atoms with E-state index in [1.54, 1.807) is 7.11 Å². The summed E-state index contributed by atoms with van der Waals surface area (Å²) in [6.07, 6.45) is 5.91. The molecule has 2 aromatic rings. The van der Waals surface area contributed by atoms with E-state index < -0.39 is 0 Å². The van der Waals surface area contributed by atoms with E-state index in [2.05, 4.69) is 37.9 Å². The predicted octanol–water partition coefficient (Wildman–Crippen LogP) is 3.99. The van der Waals surface area contributed by atoms with Crippen LogP contribution in [-0.2, 0) is 6.54 Å². The van der Waals surface area contributed by atoms with E-state index in [0.717, 1.165) is 22.3 Å². The number of likely N-dealkylation sites (tertiary alicyclic amines) is 1. The van der Waals surface area contributed by atoms with Gasteiger partial charge >= 0.3 is 0 Å². The minimum Gasteiger partial charge on any atom is -0.495 e. The molecule has 1 aromatic heterocycles. The molecule has 3 rings (SSSR count). The highest BCUT2D eigenvalue weighted by atomic mass is 79.9. The van der Waals surface area contributed by atoms with Crippen LogP contribution in [0.4, 0.5) is 0 Å². The molecule has 106 valence electrons. The molecule has 1 aromatic carbocycles. The number of halogens is 1. The number of pyridine rings is 1. The molecule has 0 bridgehead atoms. The minimum atomic E-state index is 0.833. The van der Waals surface area contributed by atoms with Crippen LogP contribution in [0.1, 0.15) is 24.8 Å². The second kappa shape index (κ2) is 6.10. The van der Waals surface area contributed by atoms with E-state index in [4.69, 9.17) is 4.74 Å². The predicted molar refractivity (Wildman–Crippen MR) is 85.1 cm³/mol. The quantitative estimate of drug-likeness (QED) is 0.848. The molecule has 0 amide bonds. The Morgan fingerprint density at radius 2 is 2.00 bits per heavy atom. The lowest BCUT2D eigenvalue weighted by molar-refractivity contribution is 0.221. The summed E-state index contributed by atoms with van der Waals surface area (Å²) < 4.78 is 6.29. The lowest BCUT2D eigenvalue weighted by Crippen LogP contribution is -2.29. The van der Waals surface area contributed by atoms with Gasteiger partial charge in [-0.05, 0) is 65.6 Å². The largest absolute Gasteiger partial charge is 0.495 e. The summed E-state index contributed by atoms with van der Waals surface area (Å²) in [6, 6.07) is 6.26. The Morgan fingerprint density at radius 1 is 1.20 bits per heavy atom. The van der Waals surface area contributed by atoms with Gasteiger partial charge in [0.2, 0.25) is 0 Å². The molecule has 0 radical (unpaired) electrons. The fourth-order valence-electron chi connectivity index (χ4n) is 2.88. The van der Waals surface area contributed by atoms with Crippen LogP contribution >= 0.6 is 15.9 Å². The number of methoxy groups -OCH3 is 1. The molecule has 0 N–H and O–H groups in total. The molecule has 0 aliphatic carbocycles. The molecule has 0 saturated carbocycles. The third-order valence-electron chi connectivity index (χ3n) is 3.97. The molecule has 0 unspecified atom stereocenters. The summed E-state index contributed by atoms with van der Waals surface area (Å²) in [5.74, 6) is 0.833.